The predicted molar refractivity (Wildman–Crippen MR) is 89.2 cm³/mol. The van der Waals surface area contributed by atoms with E-state index in [1.807, 2.05) is 0 Å². The van der Waals surface area contributed by atoms with Gasteiger partial charge in [0.25, 0.3) is 10.0 Å². The van der Waals surface area contributed by atoms with E-state index in [1.54, 1.807) is 0 Å². The third kappa shape index (κ3) is 2.98. The van der Waals surface area contributed by atoms with Crippen molar-refractivity contribution in [3.8, 4) is 5.75 Å². The van der Waals surface area contributed by atoms with Crippen LogP contribution in [0.15, 0.2) is 35.2 Å². The fourth-order valence-corrected chi connectivity index (χ4v) is 4.72. The van der Waals surface area contributed by atoms with Crippen molar-refractivity contribution in [1.82, 2.24) is 0 Å². The van der Waals surface area contributed by atoms with Crippen LogP contribution in [0.2, 0.25) is 0 Å². The number of hydrogen-bond acceptors (Lipinski definition) is 4. The predicted octanol–water partition coefficient (Wildman–Crippen LogP) is 2.81. The van der Waals surface area contributed by atoms with Gasteiger partial charge in [0, 0.05) is 12.6 Å². The highest BCUT2D eigenvalue weighted by Crippen LogP contribution is 2.37. The molecule has 138 valence electrons. The smallest absolute Gasteiger partial charge is 0.335 e. The molecule has 0 saturated carbocycles. The summed E-state index contributed by atoms with van der Waals surface area (Å²) >= 11 is 0. The number of halogens is 2. The minimum absolute atomic E-state index is 0.0155. The number of fused-ring (bicyclic) bond motifs is 1. The molecule has 26 heavy (non-hydrogen) atoms. The second-order valence-electron chi connectivity index (χ2n) is 5.75. The molecule has 0 bridgehead atoms. The lowest BCUT2D eigenvalue weighted by molar-refractivity contribution is 0.0696. The van der Waals surface area contributed by atoms with E-state index in [2.05, 4.69) is 0 Å². The maximum absolute atomic E-state index is 14.3. The Morgan fingerprint density at radius 1 is 1.23 bits per heavy atom. The molecular weight excluding hydrogens is 368 g/mol. The van der Waals surface area contributed by atoms with Gasteiger partial charge in [-0.25, -0.2) is 22.0 Å². The van der Waals surface area contributed by atoms with Gasteiger partial charge in [-0.05, 0) is 42.7 Å². The first-order valence-electron chi connectivity index (χ1n) is 7.67. The standard InChI is InChI=1S/C17H15F2NO5S/c1-25-14-5-4-11(17(21)22)8-15(14)26(23,24)20-6-2-3-10-7-12(18)9-13(19)16(10)20/h4-5,7-9H,2-3,6H2,1H3,(H,21,22). The molecule has 0 saturated heterocycles. The molecular formula is C17H15F2NO5S. The van der Waals surface area contributed by atoms with E-state index in [9.17, 15) is 22.0 Å². The molecule has 1 aliphatic heterocycles. The molecule has 0 radical (unpaired) electrons. The van der Waals surface area contributed by atoms with Crippen LogP contribution in [0.3, 0.4) is 0 Å². The fourth-order valence-electron chi connectivity index (χ4n) is 2.98. The van der Waals surface area contributed by atoms with E-state index in [0.717, 1.165) is 16.4 Å². The summed E-state index contributed by atoms with van der Waals surface area (Å²) in [4.78, 5) is 10.8. The molecule has 6 nitrogen and oxygen atoms in total. The second-order valence-corrected chi connectivity index (χ2v) is 7.58. The van der Waals surface area contributed by atoms with Crippen molar-refractivity contribution in [2.45, 2.75) is 17.7 Å². The van der Waals surface area contributed by atoms with Crippen molar-refractivity contribution in [3.05, 3.63) is 53.1 Å². The number of aromatic carboxylic acids is 1. The summed E-state index contributed by atoms with van der Waals surface area (Å²) in [7, 11) is -3.08. The third-order valence-corrected chi connectivity index (χ3v) is 5.96. The quantitative estimate of drug-likeness (QED) is 0.878. The van der Waals surface area contributed by atoms with Gasteiger partial charge in [-0.3, -0.25) is 4.31 Å². The van der Waals surface area contributed by atoms with E-state index in [-0.39, 0.29) is 29.1 Å². The molecule has 0 spiro atoms. The summed E-state index contributed by atoms with van der Waals surface area (Å²) in [6, 6.07) is 5.12. The van der Waals surface area contributed by atoms with Gasteiger partial charge in [0.05, 0.1) is 18.4 Å². The van der Waals surface area contributed by atoms with Crippen LogP contribution in [0, 0.1) is 11.6 Å². The van der Waals surface area contributed by atoms with E-state index < -0.39 is 32.5 Å². The molecule has 3 rings (SSSR count). The van der Waals surface area contributed by atoms with Gasteiger partial charge < -0.3 is 9.84 Å². The van der Waals surface area contributed by atoms with Gasteiger partial charge in [0.1, 0.15) is 16.5 Å². The Balaban J connectivity index is 2.20. The zero-order chi connectivity index (χ0) is 19.1. The van der Waals surface area contributed by atoms with Gasteiger partial charge in [-0.15, -0.1) is 0 Å². The Morgan fingerprint density at radius 2 is 1.96 bits per heavy atom. The fraction of sp³-hybridized carbons (Fsp3) is 0.235. The molecule has 0 amide bonds. The lowest BCUT2D eigenvalue weighted by atomic mass is 10.0. The number of hydrogen-bond donors (Lipinski definition) is 1. The van der Waals surface area contributed by atoms with Crippen molar-refractivity contribution >= 4 is 21.7 Å². The van der Waals surface area contributed by atoms with E-state index in [0.29, 0.717) is 18.9 Å². The summed E-state index contributed by atoms with van der Waals surface area (Å²) < 4.78 is 60.0. The Labute approximate surface area is 148 Å². The zero-order valence-electron chi connectivity index (χ0n) is 13.7. The number of aryl methyl sites for hydroxylation is 1. The van der Waals surface area contributed by atoms with E-state index in [1.165, 1.54) is 19.2 Å². The number of rotatable bonds is 4. The minimum atomic E-state index is -4.33. The lowest BCUT2D eigenvalue weighted by Crippen LogP contribution is -2.36. The molecule has 2 aromatic carbocycles. The number of nitrogens with zero attached hydrogens (tertiary/aromatic N) is 1. The molecule has 1 heterocycles. The molecule has 9 heteroatoms. The second kappa shape index (κ2) is 6.56. The molecule has 0 aromatic heterocycles. The number of ether oxygens (including phenoxy) is 1. The van der Waals surface area contributed by atoms with Gasteiger partial charge in [0.15, 0.2) is 5.82 Å². The maximum Gasteiger partial charge on any atom is 0.335 e. The Morgan fingerprint density at radius 3 is 2.62 bits per heavy atom. The number of carboxylic acid groups (broad SMARTS) is 1. The number of sulfonamides is 1. The normalized spacial score (nSPS) is 14.0. The van der Waals surface area contributed by atoms with Crippen LogP contribution in [0.4, 0.5) is 14.5 Å². The van der Waals surface area contributed by atoms with Crippen molar-refractivity contribution in [2.24, 2.45) is 0 Å². The van der Waals surface area contributed by atoms with Crippen LogP contribution < -0.4 is 9.04 Å². The van der Waals surface area contributed by atoms with Crippen molar-refractivity contribution in [3.63, 3.8) is 0 Å². The van der Waals surface area contributed by atoms with Crippen LogP contribution >= 0.6 is 0 Å². The SMILES string of the molecule is COc1ccc(C(=O)O)cc1S(=O)(=O)N1CCCc2cc(F)cc(F)c21. The average Bonchev–Trinajstić information content (AvgIpc) is 2.60. The molecule has 0 unspecified atom stereocenters. The van der Waals surface area contributed by atoms with Crippen molar-refractivity contribution in [1.29, 1.82) is 0 Å². The topological polar surface area (TPSA) is 83.9 Å². The maximum atomic E-state index is 14.3. The Hall–Kier alpha value is -2.68. The molecule has 2 aromatic rings. The first-order valence-corrected chi connectivity index (χ1v) is 9.11. The summed E-state index contributed by atoms with van der Waals surface area (Å²) in [6.45, 7) is -0.0155. The van der Waals surface area contributed by atoms with Crippen LogP contribution in [-0.2, 0) is 16.4 Å². The highest BCUT2D eigenvalue weighted by molar-refractivity contribution is 7.93. The molecule has 1 aliphatic rings. The first kappa shape index (κ1) is 18.1. The third-order valence-electron chi connectivity index (χ3n) is 4.14. The number of carboxylic acids is 1. The summed E-state index contributed by atoms with van der Waals surface area (Å²) in [6.07, 6.45) is 0.707. The number of benzene rings is 2. The van der Waals surface area contributed by atoms with Crippen LogP contribution in [0.25, 0.3) is 0 Å². The largest absolute Gasteiger partial charge is 0.495 e. The summed E-state index contributed by atoms with van der Waals surface area (Å²) in [5.74, 6) is -3.15. The van der Waals surface area contributed by atoms with E-state index >= 15 is 0 Å². The first-order chi connectivity index (χ1) is 12.3. The monoisotopic (exact) mass is 383 g/mol. The van der Waals surface area contributed by atoms with Gasteiger partial charge >= 0.3 is 5.97 Å². The number of anilines is 1. The lowest BCUT2D eigenvalue weighted by Gasteiger charge is -2.31. The van der Waals surface area contributed by atoms with Crippen molar-refractivity contribution in [2.75, 3.05) is 18.0 Å². The molecule has 0 aliphatic carbocycles. The van der Waals surface area contributed by atoms with Crippen LogP contribution in [0.1, 0.15) is 22.3 Å². The number of methoxy groups -OCH3 is 1. The van der Waals surface area contributed by atoms with Crippen molar-refractivity contribution < 1.29 is 31.8 Å². The Kier molecular flexibility index (Phi) is 4.57. The minimum Gasteiger partial charge on any atom is -0.495 e. The molecule has 1 N–H and O–H groups in total. The van der Waals surface area contributed by atoms with Gasteiger partial charge in [0.2, 0.25) is 0 Å². The highest BCUT2D eigenvalue weighted by atomic mass is 32.2. The highest BCUT2D eigenvalue weighted by Gasteiger charge is 2.34. The summed E-state index contributed by atoms with van der Waals surface area (Å²) in [5, 5.41) is 9.13. The molecule has 0 fully saturated rings. The van der Waals surface area contributed by atoms with E-state index in [4.69, 9.17) is 9.84 Å². The summed E-state index contributed by atoms with van der Waals surface area (Å²) in [5.41, 5.74) is -0.229. The van der Waals surface area contributed by atoms with Gasteiger partial charge in [-0.2, -0.15) is 0 Å². The average molecular weight is 383 g/mol. The zero-order valence-corrected chi connectivity index (χ0v) is 14.5. The molecule has 0 atom stereocenters. The van der Waals surface area contributed by atoms with Gasteiger partial charge in [-0.1, -0.05) is 0 Å². The number of carbonyl (C=O) groups is 1. The van der Waals surface area contributed by atoms with Crippen LogP contribution in [-0.4, -0.2) is 33.1 Å². The Bertz CT molecular complexity index is 991. The van der Waals surface area contributed by atoms with Crippen LogP contribution in [0.5, 0.6) is 5.75 Å².